The lowest BCUT2D eigenvalue weighted by atomic mass is 10.0. The van der Waals surface area contributed by atoms with Gasteiger partial charge in [0.25, 0.3) is 0 Å². The molecule has 0 aliphatic heterocycles. The van der Waals surface area contributed by atoms with E-state index in [0.717, 1.165) is 13.0 Å². The van der Waals surface area contributed by atoms with Gasteiger partial charge in [0.2, 0.25) is 5.88 Å². The van der Waals surface area contributed by atoms with E-state index in [2.05, 4.69) is 41.5 Å². The highest BCUT2D eigenvalue weighted by Crippen LogP contribution is 2.31. The van der Waals surface area contributed by atoms with Crippen LogP contribution >= 0.6 is 0 Å². The van der Waals surface area contributed by atoms with Crippen LogP contribution in [0.3, 0.4) is 0 Å². The van der Waals surface area contributed by atoms with E-state index in [4.69, 9.17) is 9.47 Å². The molecule has 0 bridgehead atoms. The topological polar surface area (TPSA) is 43.4 Å². The van der Waals surface area contributed by atoms with Gasteiger partial charge in [0.15, 0.2) is 0 Å². The monoisotopic (exact) mass is 312 g/mol. The Bertz CT molecular complexity index is 640. The van der Waals surface area contributed by atoms with Gasteiger partial charge in [0.1, 0.15) is 6.61 Å². The lowest BCUT2D eigenvalue weighted by Gasteiger charge is -2.14. The first-order chi connectivity index (χ1) is 11.3. The van der Waals surface area contributed by atoms with Crippen molar-refractivity contribution in [3.05, 3.63) is 58.8 Å². The number of aryl methyl sites for hydroxylation is 2. The van der Waals surface area contributed by atoms with Crippen molar-refractivity contribution in [3.63, 3.8) is 0 Å². The number of hydrogen-bond donors (Lipinski definition) is 1. The molecule has 0 fully saturated rings. The minimum atomic E-state index is 0.447. The molecule has 0 spiro atoms. The zero-order valence-electron chi connectivity index (χ0n) is 13.8. The molecule has 0 saturated carbocycles. The zero-order valence-corrected chi connectivity index (χ0v) is 13.8. The number of methoxy groups -OCH3 is 1. The molecule has 1 aromatic heterocycles. The molecule has 2 aromatic rings. The van der Waals surface area contributed by atoms with Crippen LogP contribution in [0.4, 0.5) is 0 Å². The molecule has 122 valence electrons. The third-order valence-corrected chi connectivity index (χ3v) is 4.27. The van der Waals surface area contributed by atoms with Crippen LogP contribution in [0.25, 0.3) is 0 Å². The summed E-state index contributed by atoms with van der Waals surface area (Å²) in [4.78, 5) is 4.34. The standard InChI is InChI=1S/C19H24N2O2/c1-14-3-5-16-6-7-18(17(16)11-14)20-12-15-4-8-19(21-13-15)23-10-9-22-2/h3-5,8,11,13,18,20H,6-7,9-10,12H2,1-2H3. The maximum absolute atomic E-state index is 5.48. The van der Waals surface area contributed by atoms with Crippen LogP contribution in [0.15, 0.2) is 36.5 Å². The van der Waals surface area contributed by atoms with Crippen LogP contribution in [0, 0.1) is 6.92 Å². The van der Waals surface area contributed by atoms with Gasteiger partial charge in [-0.1, -0.05) is 29.8 Å². The maximum Gasteiger partial charge on any atom is 0.213 e. The number of aromatic nitrogens is 1. The predicted octanol–water partition coefficient (Wildman–Crippen LogP) is 3.19. The minimum absolute atomic E-state index is 0.447. The van der Waals surface area contributed by atoms with E-state index in [9.17, 15) is 0 Å². The van der Waals surface area contributed by atoms with E-state index in [1.807, 2.05) is 12.3 Å². The number of hydrogen-bond acceptors (Lipinski definition) is 4. The lowest BCUT2D eigenvalue weighted by molar-refractivity contribution is 0.143. The van der Waals surface area contributed by atoms with Crippen molar-refractivity contribution >= 4 is 0 Å². The summed E-state index contributed by atoms with van der Waals surface area (Å²) in [7, 11) is 1.66. The summed E-state index contributed by atoms with van der Waals surface area (Å²) in [5.74, 6) is 0.646. The molecule has 0 radical (unpaired) electrons. The van der Waals surface area contributed by atoms with Gasteiger partial charge < -0.3 is 14.8 Å². The van der Waals surface area contributed by atoms with Crippen LogP contribution in [-0.2, 0) is 17.7 Å². The van der Waals surface area contributed by atoms with E-state index in [1.165, 1.54) is 28.7 Å². The number of pyridine rings is 1. The van der Waals surface area contributed by atoms with E-state index in [1.54, 1.807) is 7.11 Å². The number of nitrogens with one attached hydrogen (secondary N) is 1. The second-order valence-electron chi connectivity index (χ2n) is 6.02. The summed E-state index contributed by atoms with van der Waals surface area (Å²) < 4.78 is 10.4. The third-order valence-electron chi connectivity index (χ3n) is 4.27. The lowest BCUT2D eigenvalue weighted by Crippen LogP contribution is -2.18. The molecule has 1 unspecified atom stereocenters. The quantitative estimate of drug-likeness (QED) is 0.797. The summed E-state index contributed by atoms with van der Waals surface area (Å²) in [6.45, 7) is 4.08. The molecule has 1 atom stereocenters. The van der Waals surface area contributed by atoms with Crippen LogP contribution in [0.5, 0.6) is 5.88 Å². The molecule has 1 aliphatic rings. The summed E-state index contributed by atoms with van der Waals surface area (Å²) in [5.41, 5.74) is 5.44. The first-order valence-corrected chi connectivity index (χ1v) is 8.16. The number of ether oxygens (including phenoxy) is 2. The van der Waals surface area contributed by atoms with Crippen molar-refractivity contribution in [2.75, 3.05) is 20.3 Å². The SMILES string of the molecule is COCCOc1ccc(CNC2CCc3ccc(C)cc32)cn1. The molecule has 4 nitrogen and oxygen atoms in total. The molecule has 1 N–H and O–H groups in total. The summed E-state index contributed by atoms with van der Waals surface area (Å²) in [6, 6.07) is 11.2. The fraction of sp³-hybridized carbons (Fsp3) is 0.421. The molecule has 3 rings (SSSR count). The van der Waals surface area contributed by atoms with Crippen molar-refractivity contribution < 1.29 is 9.47 Å². The van der Waals surface area contributed by atoms with Crippen molar-refractivity contribution in [2.24, 2.45) is 0 Å². The molecule has 0 amide bonds. The van der Waals surface area contributed by atoms with Gasteiger partial charge in [-0.15, -0.1) is 0 Å². The van der Waals surface area contributed by atoms with Gasteiger partial charge in [-0.2, -0.15) is 0 Å². The minimum Gasteiger partial charge on any atom is -0.475 e. The van der Waals surface area contributed by atoms with Gasteiger partial charge in [-0.05, 0) is 36.5 Å². The molecule has 1 aliphatic carbocycles. The highest BCUT2D eigenvalue weighted by atomic mass is 16.5. The van der Waals surface area contributed by atoms with Crippen LogP contribution < -0.4 is 10.1 Å². The van der Waals surface area contributed by atoms with Crippen LogP contribution in [-0.4, -0.2) is 25.3 Å². The number of nitrogens with zero attached hydrogens (tertiary/aromatic N) is 1. The Labute approximate surface area is 137 Å². The van der Waals surface area contributed by atoms with Gasteiger partial charge >= 0.3 is 0 Å². The Balaban J connectivity index is 1.54. The zero-order chi connectivity index (χ0) is 16.1. The normalized spacial score (nSPS) is 16.3. The average Bonchev–Trinajstić information content (AvgIpc) is 2.96. The van der Waals surface area contributed by atoms with E-state index in [-0.39, 0.29) is 0 Å². The Kier molecular flexibility index (Phi) is 5.26. The highest BCUT2D eigenvalue weighted by Gasteiger charge is 2.21. The van der Waals surface area contributed by atoms with Crippen LogP contribution in [0.1, 0.15) is 34.7 Å². The van der Waals surface area contributed by atoms with Crippen molar-refractivity contribution in [1.29, 1.82) is 0 Å². The molecule has 23 heavy (non-hydrogen) atoms. The smallest absolute Gasteiger partial charge is 0.213 e. The first-order valence-electron chi connectivity index (χ1n) is 8.16. The molecule has 4 heteroatoms. The first kappa shape index (κ1) is 16.0. The van der Waals surface area contributed by atoms with Crippen molar-refractivity contribution in [3.8, 4) is 5.88 Å². The fourth-order valence-corrected chi connectivity index (χ4v) is 3.01. The summed E-state index contributed by atoms with van der Waals surface area (Å²) in [5, 5.41) is 3.65. The maximum atomic E-state index is 5.48. The van der Waals surface area contributed by atoms with Gasteiger partial charge in [0, 0.05) is 32.0 Å². The molecular weight excluding hydrogens is 288 g/mol. The average molecular weight is 312 g/mol. The molecule has 1 heterocycles. The Morgan fingerprint density at radius 3 is 2.91 bits per heavy atom. The van der Waals surface area contributed by atoms with E-state index >= 15 is 0 Å². The number of rotatable bonds is 7. The molecule has 1 aromatic carbocycles. The Morgan fingerprint density at radius 2 is 2.13 bits per heavy atom. The van der Waals surface area contributed by atoms with Crippen molar-refractivity contribution in [2.45, 2.75) is 32.4 Å². The van der Waals surface area contributed by atoms with Crippen LogP contribution in [0.2, 0.25) is 0 Å². The number of benzene rings is 1. The Morgan fingerprint density at radius 1 is 1.22 bits per heavy atom. The largest absolute Gasteiger partial charge is 0.475 e. The van der Waals surface area contributed by atoms with Crippen molar-refractivity contribution in [1.82, 2.24) is 10.3 Å². The molecular formula is C19H24N2O2. The van der Waals surface area contributed by atoms with Gasteiger partial charge in [-0.3, -0.25) is 0 Å². The second kappa shape index (κ2) is 7.57. The third kappa shape index (κ3) is 4.09. The number of fused-ring (bicyclic) bond motifs is 1. The van der Waals surface area contributed by atoms with Gasteiger partial charge in [-0.25, -0.2) is 4.98 Å². The summed E-state index contributed by atoms with van der Waals surface area (Å²) in [6.07, 6.45) is 4.21. The van der Waals surface area contributed by atoms with E-state index < -0.39 is 0 Å². The highest BCUT2D eigenvalue weighted by molar-refractivity contribution is 5.37. The predicted molar refractivity (Wildman–Crippen MR) is 90.7 cm³/mol. The van der Waals surface area contributed by atoms with Gasteiger partial charge in [0.05, 0.1) is 6.61 Å². The molecule has 0 saturated heterocycles. The van der Waals surface area contributed by atoms with E-state index in [0.29, 0.717) is 25.1 Å². The fourth-order valence-electron chi connectivity index (χ4n) is 3.01. The Hall–Kier alpha value is -1.91. The summed E-state index contributed by atoms with van der Waals surface area (Å²) >= 11 is 0. The second-order valence-corrected chi connectivity index (χ2v) is 6.02.